The summed E-state index contributed by atoms with van der Waals surface area (Å²) in [4.78, 5) is 12.4. The van der Waals surface area contributed by atoms with E-state index in [2.05, 4.69) is 33.4 Å². The highest BCUT2D eigenvalue weighted by atomic mass is 79.9. The molecule has 1 heterocycles. The number of hydrogen-bond donors (Lipinski definition) is 1. The van der Waals surface area contributed by atoms with E-state index in [1.54, 1.807) is 6.26 Å². The second-order valence-electron chi connectivity index (χ2n) is 5.65. The standard InChI is InChI=1S/C20H14BrNO2/c21-15-6-8-16(9-7-15)22-19(23)11-14-12-24-18-10-5-13-3-1-2-4-17(13)20(14)18/h1-10,12H,11H2,(H,22,23). The van der Waals surface area contributed by atoms with Crippen LogP contribution >= 0.6 is 15.9 Å². The topological polar surface area (TPSA) is 42.2 Å². The van der Waals surface area contributed by atoms with Crippen LogP contribution in [0, 0.1) is 0 Å². The lowest BCUT2D eigenvalue weighted by Crippen LogP contribution is -2.14. The van der Waals surface area contributed by atoms with Crippen LogP contribution in [0.3, 0.4) is 0 Å². The second-order valence-corrected chi connectivity index (χ2v) is 6.57. The molecule has 0 saturated heterocycles. The molecule has 3 aromatic carbocycles. The molecule has 24 heavy (non-hydrogen) atoms. The molecule has 1 aromatic heterocycles. The fourth-order valence-corrected chi connectivity index (χ4v) is 3.18. The number of carbonyl (C=O) groups is 1. The van der Waals surface area contributed by atoms with Crippen LogP contribution in [0.25, 0.3) is 21.7 Å². The number of anilines is 1. The lowest BCUT2D eigenvalue weighted by molar-refractivity contribution is -0.115. The van der Waals surface area contributed by atoms with E-state index in [0.717, 1.165) is 37.5 Å². The minimum Gasteiger partial charge on any atom is -0.464 e. The van der Waals surface area contributed by atoms with E-state index in [1.807, 2.05) is 48.5 Å². The first kappa shape index (κ1) is 15.0. The van der Waals surface area contributed by atoms with Crippen LogP contribution in [0.5, 0.6) is 0 Å². The van der Waals surface area contributed by atoms with Crippen molar-refractivity contribution in [2.45, 2.75) is 6.42 Å². The Morgan fingerprint density at radius 1 is 1.00 bits per heavy atom. The van der Waals surface area contributed by atoms with Gasteiger partial charge < -0.3 is 9.73 Å². The van der Waals surface area contributed by atoms with Crippen molar-refractivity contribution >= 4 is 49.3 Å². The number of rotatable bonds is 3. The zero-order chi connectivity index (χ0) is 16.5. The summed E-state index contributed by atoms with van der Waals surface area (Å²) in [5, 5.41) is 6.18. The van der Waals surface area contributed by atoms with Crippen molar-refractivity contribution in [3.05, 3.63) is 77.0 Å². The smallest absolute Gasteiger partial charge is 0.228 e. The molecule has 0 radical (unpaired) electrons. The van der Waals surface area contributed by atoms with E-state index in [-0.39, 0.29) is 12.3 Å². The predicted octanol–water partition coefficient (Wildman–Crippen LogP) is 5.53. The fraction of sp³-hybridized carbons (Fsp3) is 0.0500. The molecule has 0 aliphatic rings. The molecular weight excluding hydrogens is 366 g/mol. The number of amides is 1. The maximum absolute atomic E-state index is 12.4. The highest BCUT2D eigenvalue weighted by Gasteiger charge is 2.13. The van der Waals surface area contributed by atoms with Crippen molar-refractivity contribution in [2.24, 2.45) is 0 Å². The summed E-state index contributed by atoms with van der Waals surface area (Å²) in [5.41, 5.74) is 2.48. The van der Waals surface area contributed by atoms with Crippen molar-refractivity contribution in [1.82, 2.24) is 0 Å². The van der Waals surface area contributed by atoms with E-state index in [4.69, 9.17) is 4.42 Å². The van der Waals surface area contributed by atoms with Gasteiger partial charge >= 0.3 is 0 Å². The Hall–Kier alpha value is -2.59. The van der Waals surface area contributed by atoms with Crippen LogP contribution in [0.1, 0.15) is 5.56 Å². The monoisotopic (exact) mass is 379 g/mol. The zero-order valence-electron chi connectivity index (χ0n) is 12.8. The van der Waals surface area contributed by atoms with Gasteiger partial charge in [-0.1, -0.05) is 46.3 Å². The zero-order valence-corrected chi connectivity index (χ0v) is 14.3. The van der Waals surface area contributed by atoms with Crippen molar-refractivity contribution in [2.75, 3.05) is 5.32 Å². The molecule has 0 atom stereocenters. The van der Waals surface area contributed by atoms with Crippen molar-refractivity contribution < 1.29 is 9.21 Å². The molecule has 3 nitrogen and oxygen atoms in total. The van der Waals surface area contributed by atoms with Gasteiger partial charge in [0, 0.05) is 21.1 Å². The highest BCUT2D eigenvalue weighted by molar-refractivity contribution is 9.10. The van der Waals surface area contributed by atoms with Crippen LogP contribution in [0.4, 0.5) is 5.69 Å². The molecule has 0 unspecified atom stereocenters. The quantitative estimate of drug-likeness (QED) is 0.508. The summed E-state index contributed by atoms with van der Waals surface area (Å²) in [7, 11) is 0. The normalized spacial score (nSPS) is 11.0. The van der Waals surface area contributed by atoms with E-state index < -0.39 is 0 Å². The summed E-state index contributed by atoms with van der Waals surface area (Å²) in [5.74, 6) is -0.0621. The Morgan fingerprint density at radius 3 is 2.62 bits per heavy atom. The SMILES string of the molecule is O=C(Cc1coc2ccc3ccccc3c12)Nc1ccc(Br)cc1. The average Bonchev–Trinajstić information content (AvgIpc) is 3.00. The molecule has 4 aromatic rings. The van der Waals surface area contributed by atoms with Gasteiger partial charge in [-0.05, 0) is 41.1 Å². The number of carbonyl (C=O) groups excluding carboxylic acids is 1. The van der Waals surface area contributed by atoms with Crippen LogP contribution in [0.15, 0.2) is 75.8 Å². The summed E-state index contributed by atoms with van der Waals surface area (Å²) < 4.78 is 6.62. The van der Waals surface area contributed by atoms with Gasteiger partial charge in [-0.3, -0.25) is 4.79 Å². The molecule has 1 N–H and O–H groups in total. The number of benzene rings is 3. The number of furan rings is 1. The van der Waals surface area contributed by atoms with Gasteiger partial charge in [-0.15, -0.1) is 0 Å². The van der Waals surface area contributed by atoms with Gasteiger partial charge in [-0.25, -0.2) is 0 Å². The lowest BCUT2D eigenvalue weighted by atomic mass is 10.0. The Bertz CT molecular complexity index is 1030. The molecule has 4 heteroatoms. The molecular formula is C20H14BrNO2. The van der Waals surface area contributed by atoms with Crippen LogP contribution in [-0.4, -0.2) is 5.91 Å². The Balaban J connectivity index is 1.65. The van der Waals surface area contributed by atoms with E-state index in [0.29, 0.717) is 0 Å². The van der Waals surface area contributed by atoms with Gasteiger partial charge in [0.25, 0.3) is 0 Å². The lowest BCUT2D eigenvalue weighted by Gasteiger charge is -2.05. The van der Waals surface area contributed by atoms with Crippen molar-refractivity contribution in [1.29, 1.82) is 0 Å². The first-order valence-corrected chi connectivity index (χ1v) is 8.43. The van der Waals surface area contributed by atoms with Gasteiger partial charge in [-0.2, -0.15) is 0 Å². The predicted molar refractivity (Wildman–Crippen MR) is 100 cm³/mol. The maximum Gasteiger partial charge on any atom is 0.228 e. The Morgan fingerprint density at radius 2 is 1.79 bits per heavy atom. The summed E-state index contributed by atoms with van der Waals surface area (Å²) in [6, 6.07) is 19.6. The van der Waals surface area contributed by atoms with E-state index >= 15 is 0 Å². The largest absolute Gasteiger partial charge is 0.464 e. The van der Waals surface area contributed by atoms with E-state index in [1.165, 1.54) is 0 Å². The van der Waals surface area contributed by atoms with Gasteiger partial charge in [0.15, 0.2) is 0 Å². The second kappa shape index (κ2) is 6.13. The molecule has 0 aliphatic carbocycles. The third-order valence-electron chi connectivity index (χ3n) is 4.02. The van der Waals surface area contributed by atoms with E-state index in [9.17, 15) is 4.79 Å². The molecule has 0 saturated carbocycles. The first-order valence-electron chi connectivity index (χ1n) is 7.64. The highest BCUT2D eigenvalue weighted by Crippen LogP contribution is 2.30. The van der Waals surface area contributed by atoms with Gasteiger partial charge in [0.05, 0.1) is 12.7 Å². The summed E-state index contributed by atoms with van der Waals surface area (Å²) >= 11 is 3.39. The molecule has 0 fully saturated rings. The minimum atomic E-state index is -0.0621. The molecule has 0 aliphatic heterocycles. The van der Waals surface area contributed by atoms with Crippen LogP contribution < -0.4 is 5.32 Å². The van der Waals surface area contributed by atoms with Crippen LogP contribution in [0.2, 0.25) is 0 Å². The minimum absolute atomic E-state index is 0.0621. The molecule has 1 amide bonds. The van der Waals surface area contributed by atoms with Crippen molar-refractivity contribution in [3.63, 3.8) is 0 Å². The third kappa shape index (κ3) is 2.81. The maximum atomic E-state index is 12.4. The number of fused-ring (bicyclic) bond motifs is 3. The number of hydrogen-bond acceptors (Lipinski definition) is 2. The fourth-order valence-electron chi connectivity index (χ4n) is 2.92. The number of halogens is 1. The molecule has 0 bridgehead atoms. The Labute approximate surface area is 147 Å². The Kier molecular flexibility index (Phi) is 3.82. The first-order chi connectivity index (χ1) is 11.7. The van der Waals surface area contributed by atoms with Crippen molar-refractivity contribution in [3.8, 4) is 0 Å². The number of nitrogens with one attached hydrogen (secondary N) is 1. The third-order valence-corrected chi connectivity index (χ3v) is 4.55. The molecule has 118 valence electrons. The van der Waals surface area contributed by atoms with Gasteiger partial charge in [0.2, 0.25) is 5.91 Å². The van der Waals surface area contributed by atoms with Crippen LogP contribution in [-0.2, 0) is 11.2 Å². The van der Waals surface area contributed by atoms with Gasteiger partial charge in [0.1, 0.15) is 5.58 Å². The molecule has 0 spiro atoms. The summed E-state index contributed by atoms with van der Waals surface area (Å²) in [6.07, 6.45) is 1.95. The average molecular weight is 380 g/mol. The summed E-state index contributed by atoms with van der Waals surface area (Å²) in [6.45, 7) is 0. The molecule has 4 rings (SSSR count).